The van der Waals surface area contributed by atoms with Crippen LogP contribution in [0, 0.1) is 6.92 Å². The number of hydrogen-bond donors (Lipinski definition) is 2. The van der Waals surface area contributed by atoms with Crippen LogP contribution in [-0.2, 0) is 4.79 Å². The number of carbonyl (C=O) groups is 2. The van der Waals surface area contributed by atoms with E-state index in [0.29, 0.717) is 13.1 Å². The van der Waals surface area contributed by atoms with Gasteiger partial charge in [-0.3, -0.25) is 14.7 Å². The van der Waals surface area contributed by atoms with Gasteiger partial charge in [-0.2, -0.15) is 0 Å². The van der Waals surface area contributed by atoms with Crippen molar-refractivity contribution in [1.29, 1.82) is 0 Å². The molecule has 0 unspecified atom stereocenters. The summed E-state index contributed by atoms with van der Waals surface area (Å²) < 4.78 is 0. The van der Waals surface area contributed by atoms with Crippen LogP contribution in [0.3, 0.4) is 0 Å². The van der Waals surface area contributed by atoms with Crippen LogP contribution < -0.4 is 15.5 Å². The van der Waals surface area contributed by atoms with Gasteiger partial charge >= 0.3 is 6.03 Å². The minimum absolute atomic E-state index is 0.0868. The molecular formula is C19H28N6O2. The molecule has 2 aliphatic rings. The summed E-state index contributed by atoms with van der Waals surface area (Å²) in [6, 6.07) is 8.25. The number of carbonyl (C=O) groups excluding carboxylic acids is 2. The molecule has 0 bridgehead atoms. The zero-order valence-corrected chi connectivity index (χ0v) is 16.1. The maximum atomic E-state index is 11.6. The fourth-order valence-corrected chi connectivity index (χ4v) is 3.36. The summed E-state index contributed by atoms with van der Waals surface area (Å²) in [5, 5.41) is 5.85. The van der Waals surface area contributed by atoms with Crippen LogP contribution >= 0.6 is 0 Å². The van der Waals surface area contributed by atoms with Gasteiger partial charge in [0.2, 0.25) is 5.91 Å². The first-order valence-electron chi connectivity index (χ1n) is 9.51. The fraction of sp³-hybridized carbons (Fsp3) is 0.526. The average Bonchev–Trinajstić information content (AvgIpc) is 2.99. The van der Waals surface area contributed by atoms with Crippen molar-refractivity contribution in [3.8, 4) is 0 Å². The summed E-state index contributed by atoms with van der Waals surface area (Å²) in [7, 11) is 0. The van der Waals surface area contributed by atoms with E-state index in [9.17, 15) is 9.59 Å². The molecule has 2 aliphatic heterocycles. The number of amides is 3. The molecule has 0 aliphatic carbocycles. The number of benzene rings is 1. The predicted molar refractivity (Wildman–Crippen MR) is 106 cm³/mol. The Morgan fingerprint density at radius 2 is 2.00 bits per heavy atom. The van der Waals surface area contributed by atoms with Crippen LogP contribution in [-0.4, -0.2) is 80.1 Å². The molecule has 1 aromatic carbocycles. The van der Waals surface area contributed by atoms with E-state index in [1.807, 2.05) is 6.92 Å². The standard InChI is InChI=1S/C19H28N6O2/c1-3-20-18(21-7-8-25-17(26)14-22-19(25)27)24-11-9-23(10-12-24)16-6-4-5-15(2)13-16/h4-6,13H,3,7-12,14H2,1-2H3,(H,20,21)(H,22,27). The lowest BCUT2D eigenvalue weighted by Crippen LogP contribution is -2.52. The van der Waals surface area contributed by atoms with Crippen molar-refractivity contribution in [2.45, 2.75) is 13.8 Å². The molecule has 0 aromatic heterocycles. The number of hydrogen-bond acceptors (Lipinski definition) is 4. The molecule has 8 heteroatoms. The number of rotatable bonds is 5. The zero-order valence-electron chi connectivity index (χ0n) is 16.1. The summed E-state index contributed by atoms with van der Waals surface area (Å²) in [6.45, 7) is 9.34. The van der Waals surface area contributed by atoms with Gasteiger partial charge in [0.15, 0.2) is 5.96 Å². The monoisotopic (exact) mass is 372 g/mol. The first-order valence-corrected chi connectivity index (χ1v) is 9.51. The molecule has 2 fully saturated rings. The Morgan fingerprint density at radius 1 is 1.22 bits per heavy atom. The first kappa shape index (κ1) is 19.0. The minimum Gasteiger partial charge on any atom is -0.368 e. The Balaban J connectivity index is 1.56. The molecule has 2 N–H and O–H groups in total. The number of aryl methyl sites for hydroxylation is 1. The second kappa shape index (κ2) is 8.75. The highest BCUT2D eigenvalue weighted by molar-refractivity contribution is 6.01. The summed E-state index contributed by atoms with van der Waals surface area (Å²) in [6.07, 6.45) is 0. The van der Waals surface area contributed by atoms with Gasteiger partial charge < -0.3 is 20.4 Å². The number of aliphatic imine (C=N–C) groups is 1. The van der Waals surface area contributed by atoms with Gasteiger partial charge in [-0.25, -0.2) is 4.79 Å². The summed E-state index contributed by atoms with van der Waals surface area (Å²) >= 11 is 0. The Kier molecular flexibility index (Phi) is 6.16. The van der Waals surface area contributed by atoms with Crippen molar-refractivity contribution in [3.63, 3.8) is 0 Å². The Bertz CT molecular complexity index is 696. The van der Waals surface area contributed by atoms with Gasteiger partial charge in [0.1, 0.15) is 0 Å². The molecule has 0 saturated carbocycles. The summed E-state index contributed by atoms with van der Waals surface area (Å²) in [5.74, 6) is 0.653. The molecule has 0 spiro atoms. The molecule has 2 heterocycles. The van der Waals surface area contributed by atoms with Crippen molar-refractivity contribution in [2.24, 2.45) is 4.99 Å². The van der Waals surface area contributed by atoms with Crippen LogP contribution in [0.5, 0.6) is 0 Å². The van der Waals surface area contributed by atoms with Crippen molar-refractivity contribution in [2.75, 3.05) is 57.3 Å². The van der Waals surface area contributed by atoms with Gasteiger partial charge in [0.25, 0.3) is 0 Å². The lowest BCUT2D eigenvalue weighted by molar-refractivity contribution is -0.124. The van der Waals surface area contributed by atoms with Crippen LogP contribution in [0.15, 0.2) is 29.3 Å². The van der Waals surface area contributed by atoms with Crippen LogP contribution in [0.25, 0.3) is 0 Å². The van der Waals surface area contributed by atoms with Gasteiger partial charge in [-0.05, 0) is 31.5 Å². The SMILES string of the molecule is CCNC(=NCCN1C(=O)CNC1=O)N1CCN(c2cccc(C)c2)CC1. The summed E-state index contributed by atoms with van der Waals surface area (Å²) in [5.41, 5.74) is 2.53. The third kappa shape index (κ3) is 4.69. The smallest absolute Gasteiger partial charge is 0.324 e. The molecule has 3 rings (SSSR count). The number of nitrogens with zero attached hydrogens (tertiary/aromatic N) is 4. The maximum absolute atomic E-state index is 11.6. The number of imide groups is 1. The molecule has 146 valence electrons. The van der Waals surface area contributed by atoms with Gasteiger partial charge in [0.05, 0.1) is 19.6 Å². The van der Waals surface area contributed by atoms with Crippen molar-refractivity contribution < 1.29 is 9.59 Å². The minimum atomic E-state index is -0.327. The summed E-state index contributed by atoms with van der Waals surface area (Å²) in [4.78, 5) is 33.7. The molecule has 3 amide bonds. The highest BCUT2D eigenvalue weighted by atomic mass is 16.2. The lowest BCUT2D eigenvalue weighted by atomic mass is 10.2. The predicted octanol–water partition coefficient (Wildman–Crippen LogP) is 0.634. The number of nitrogens with one attached hydrogen (secondary N) is 2. The number of urea groups is 1. The third-order valence-electron chi connectivity index (χ3n) is 4.80. The van der Waals surface area contributed by atoms with E-state index in [-0.39, 0.29) is 18.5 Å². The molecule has 0 radical (unpaired) electrons. The van der Waals surface area contributed by atoms with Crippen molar-refractivity contribution >= 4 is 23.6 Å². The zero-order chi connectivity index (χ0) is 19.2. The van der Waals surface area contributed by atoms with Crippen molar-refractivity contribution in [3.05, 3.63) is 29.8 Å². The maximum Gasteiger partial charge on any atom is 0.324 e. The second-order valence-electron chi connectivity index (χ2n) is 6.75. The molecular weight excluding hydrogens is 344 g/mol. The van der Waals surface area contributed by atoms with Crippen molar-refractivity contribution in [1.82, 2.24) is 20.4 Å². The largest absolute Gasteiger partial charge is 0.368 e. The molecule has 2 saturated heterocycles. The first-order chi connectivity index (χ1) is 13.1. The highest BCUT2D eigenvalue weighted by Crippen LogP contribution is 2.17. The lowest BCUT2D eigenvalue weighted by Gasteiger charge is -2.37. The van der Waals surface area contributed by atoms with Crippen LogP contribution in [0.4, 0.5) is 10.5 Å². The van der Waals surface area contributed by atoms with Gasteiger partial charge in [-0.15, -0.1) is 0 Å². The average molecular weight is 372 g/mol. The van der Waals surface area contributed by atoms with E-state index in [1.165, 1.54) is 16.2 Å². The molecule has 1 aromatic rings. The normalized spacial score (nSPS) is 18.1. The quantitative estimate of drug-likeness (QED) is 0.450. The highest BCUT2D eigenvalue weighted by Gasteiger charge is 2.27. The van der Waals surface area contributed by atoms with E-state index in [0.717, 1.165) is 38.7 Å². The second-order valence-corrected chi connectivity index (χ2v) is 6.75. The number of piperazine rings is 1. The van der Waals surface area contributed by atoms with Crippen LogP contribution in [0.2, 0.25) is 0 Å². The number of guanidine groups is 1. The fourth-order valence-electron chi connectivity index (χ4n) is 3.36. The molecule has 0 atom stereocenters. The van der Waals surface area contributed by atoms with Gasteiger partial charge in [0, 0.05) is 38.4 Å². The third-order valence-corrected chi connectivity index (χ3v) is 4.80. The van der Waals surface area contributed by atoms with E-state index >= 15 is 0 Å². The number of anilines is 1. The van der Waals surface area contributed by atoms with E-state index < -0.39 is 0 Å². The Labute approximate surface area is 160 Å². The van der Waals surface area contributed by atoms with E-state index in [1.54, 1.807) is 0 Å². The van der Waals surface area contributed by atoms with E-state index in [2.05, 4.69) is 56.6 Å². The Hall–Kier alpha value is -2.77. The van der Waals surface area contributed by atoms with Gasteiger partial charge in [-0.1, -0.05) is 12.1 Å². The van der Waals surface area contributed by atoms with E-state index in [4.69, 9.17) is 0 Å². The molecule has 8 nitrogen and oxygen atoms in total. The molecule has 27 heavy (non-hydrogen) atoms. The topological polar surface area (TPSA) is 80.3 Å². The van der Waals surface area contributed by atoms with Crippen LogP contribution in [0.1, 0.15) is 12.5 Å². The Morgan fingerprint density at radius 3 is 2.63 bits per heavy atom.